The zero-order valence-corrected chi connectivity index (χ0v) is 19.4. The van der Waals surface area contributed by atoms with Crippen molar-refractivity contribution in [1.29, 1.82) is 0 Å². The Morgan fingerprint density at radius 3 is 2.40 bits per heavy atom. The van der Waals surface area contributed by atoms with Gasteiger partial charge >= 0.3 is 6.18 Å². The van der Waals surface area contributed by atoms with E-state index in [1.165, 1.54) is 7.11 Å². The second kappa shape index (κ2) is 13.7. The zero-order valence-electron chi connectivity index (χ0n) is 19.4. The van der Waals surface area contributed by atoms with Gasteiger partial charge in [0.1, 0.15) is 12.5 Å². The number of hydrogen-bond donors (Lipinski definition) is 3. The SMILES string of the molecule is CCOCOCC(CC(Cc1cccc(OC)c1)C(=O)NO)NC(=O)c1ccc(C(F)(F)F)cc1. The molecule has 0 aliphatic carbocycles. The molecule has 2 rings (SSSR count). The van der Waals surface area contributed by atoms with E-state index in [0.717, 1.165) is 29.8 Å². The van der Waals surface area contributed by atoms with Gasteiger partial charge in [-0.15, -0.1) is 0 Å². The van der Waals surface area contributed by atoms with Crippen molar-refractivity contribution in [3.8, 4) is 5.75 Å². The van der Waals surface area contributed by atoms with E-state index in [-0.39, 0.29) is 31.8 Å². The van der Waals surface area contributed by atoms with Crippen LogP contribution in [0.1, 0.15) is 34.8 Å². The molecule has 0 fully saturated rings. The van der Waals surface area contributed by atoms with Crippen LogP contribution in [-0.2, 0) is 26.9 Å². The van der Waals surface area contributed by atoms with Crippen molar-refractivity contribution < 1.29 is 42.2 Å². The molecule has 2 unspecified atom stereocenters. The van der Waals surface area contributed by atoms with Crippen LogP contribution in [0.25, 0.3) is 0 Å². The number of methoxy groups -OCH3 is 1. The van der Waals surface area contributed by atoms with Gasteiger partial charge in [-0.25, -0.2) is 5.48 Å². The van der Waals surface area contributed by atoms with Crippen molar-refractivity contribution in [2.45, 2.75) is 32.0 Å². The van der Waals surface area contributed by atoms with Gasteiger partial charge < -0.3 is 19.5 Å². The monoisotopic (exact) mass is 498 g/mol. The largest absolute Gasteiger partial charge is 0.497 e. The summed E-state index contributed by atoms with van der Waals surface area (Å²) in [6.45, 7) is 2.12. The fourth-order valence-electron chi connectivity index (χ4n) is 3.38. The Labute approximate surface area is 201 Å². The van der Waals surface area contributed by atoms with Crippen molar-refractivity contribution >= 4 is 11.8 Å². The van der Waals surface area contributed by atoms with Crippen molar-refractivity contribution in [3.05, 3.63) is 65.2 Å². The van der Waals surface area contributed by atoms with Gasteiger partial charge in [0.15, 0.2) is 0 Å². The molecular weight excluding hydrogens is 469 g/mol. The molecule has 0 bridgehead atoms. The number of hydroxylamine groups is 1. The average Bonchev–Trinajstić information content (AvgIpc) is 2.85. The van der Waals surface area contributed by atoms with Gasteiger partial charge in [-0.1, -0.05) is 12.1 Å². The first-order valence-electron chi connectivity index (χ1n) is 10.9. The Morgan fingerprint density at radius 1 is 1.09 bits per heavy atom. The number of alkyl halides is 3. The Bertz CT molecular complexity index is 953. The highest BCUT2D eigenvalue weighted by atomic mass is 19.4. The van der Waals surface area contributed by atoms with E-state index < -0.39 is 35.5 Å². The van der Waals surface area contributed by atoms with Crippen LogP contribution in [0.2, 0.25) is 0 Å². The third-order valence-corrected chi connectivity index (χ3v) is 5.17. The van der Waals surface area contributed by atoms with Crippen LogP contribution in [0.15, 0.2) is 48.5 Å². The summed E-state index contributed by atoms with van der Waals surface area (Å²) in [4.78, 5) is 25.1. The minimum absolute atomic E-state index is 0.0174. The highest BCUT2D eigenvalue weighted by Crippen LogP contribution is 2.29. The van der Waals surface area contributed by atoms with Crippen molar-refractivity contribution in [2.24, 2.45) is 5.92 Å². The van der Waals surface area contributed by atoms with E-state index >= 15 is 0 Å². The summed E-state index contributed by atoms with van der Waals surface area (Å²) in [5, 5.41) is 11.9. The van der Waals surface area contributed by atoms with Gasteiger partial charge in [0.05, 0.1) is 25.3 Å². The average molecular weight is 498 g/mol. The predicted octanol–water partition coefficient (Wildman–Crippen LogP) is 3.58. The van der Waals surface area contributed by atoms with E-state index in [4.69, 9.17) is 14.2 Å². The topological polar surface area (TPSA) is 106 Å². The molecule has 2 aromatic rings. The molecule has 2 atom stereocenters. The van der Waals surface area contributed by atoms with Gasteiger partial charge in [0.25, 0.3) is 5.91 Å². The minimum Gasteiger partial charge on any atom is -0.497 e. The summed E-state index contributed by atoms with van der Waals surface area (Å²) in [6, 6.07) is 10.1. The van der Waals surface area contributed by atoms with Gasteiger partial charge in [-0.2, -0.15) is 13.2 Å². The third kappa shape index (κ3) is 9.19. The van der Waals surface area contributed by atoms with E-state index in [9.17, 15) is 28.0 Å². The number of rotatable bonds is 13. The van der Waals surface area contributed by atoms with Crippen LogP contribution in [0.4, 0.5) is 13.2 Å². The number of nitrogens with one attached hydrogen (secondary N) is 2. The van der Waals surface area contributed by atoms with Crippen molar-refractivity contribution in [1.82, 2.24) is 10.8 Å². The fraction of sp³-hybridized carbons (Fsp3) is 0.417. The maximum Gasteiger partial charge on any atom is 0.416 e. The quantitative estimate of drug-likeness (QED) is 0.169. The molecule has 192 valence electrons. The molecule has 2 aromatic carbocycles. The molecule has 0 radical (unpaired) electrons. The number of hydrogen-bond acceptors (Lipinski definition) is 6. The third-order valence-electron chi connectivity index (χ3n) is 5.17. The molecule has 0 aromatic heterocycles. The highest BCUT2D eigenvalue weighted by molar-refractivity contribution is 5.94. The first-order chi connectivity index (χ1) is 16.7. The second-order valence-corrected chi connectivity index (χ2v) is 7.69. The van der Waals surface area contributed by atoms with Crippen LogP contribution in [0.5, 0.6) is 5.75 Å². The van der Waals surface area contributed by atoms with E-state index in [1.807, 2.05) is 0 Å². The first-order valence-corrected chi connectivity index (χ1v) is 10.9. The maximum absolute atomic E-state index is 12.8. The summed E-state index contributed by atoms with van der Waals surface area (Å²) < 4.78 is 54.2. The molecule has 0 aliphatic rings. The molecule has 0 saturated heterocycles. The Kier molecular flexibility index (Phi) is 11.0. The molecule has 11 heteroatoms. The van der Waals surface area contributed by atoms with Gasteiger partial charge in [-0.05, 0) is 61.7 Å². The molecule has 35 heavy (non-hydrogen) atoms. The summed E-state index contributed by atoms with van der Waals surface area (Å²) in [7, 11) is 1.51. The molecule has 0 aliphatic heterocycles. The smallest absolute Gasteiger partial charge is 0.416 e. The molecule has 3 N–H and O–H groups in total. The number of benzene rings is 2. The van der Waals surface area contributed by atoms with E-state index in [1.54, 1.807) is 36.7 Å². The van der Waals surface area contributed by atoms with Gasteiger partial charge in [-0.3, -0.25) is 14.8 Å². The van der Waals surface area contributed by atoms with Crippen LogP contribution in [0, 0.1) is 5.92 Å². The zero-order chi connectivity index (χ0) is 25.8. The minimum atomic E-state index is -4.52. The highest BCUT2D eigenvalue weighted by Gasteiger charge is 2.30. The normalized spacial score (nSPS) is 13.1. The van der Waals surface area contributed by atoms with Crippen LogP contribution in [-0.4, -0.2) is 50.2 Å². The van der Waals surface area contributed by atoms with Gasteiger partial charge in [0, 0.05) is 18.1 Å². The summed E-state index contributed by atoms with van der Waals surface area (Å²) in [5.74, 6) is -1.46. The number of carbonyl (C=O) groups excluding carboxylic acids is 2. The predicted molar refractivity (Wildman–Crippen MR) is 120 cm³/mol. The van der Waals surface area contributed by atoms with E-state index in [2.05, 4.69) is 5.32 Å². The standard InChI is InChI=1S/C24H29F3N2O6/c1-3-34-15-35-14-20(28-22(30)17-7-9-19(10-8-17)24(25,26)27)13-18(23(31)29-32)11-16-5-4-6-21(12-16)33-2/h4-10,12,18,20,32H,3,11,13-15H2,1-2H3,(H,28,30)(H,29,31). The lowest BCUT2D eigenvalue weighted by atomic mass is 9.92. The van der Waals surface area contributed by atoms with Gasteiger partial charge in [0.2, 0.25) is 5.91 Å². The number of halogens is 3. The molecular formula is C24H29F3N2O6. The van der Waals surface area contributed by atoms with Crippen LogP contribution < -0.4 is 15.5 Å². The fourth-order valence-corrected chi connectivity index (χ4v) is 3.38. The lowest BCUT2D eigenvalue weighted by Crippen LogP contribution is -2.42. The maximum atomic E-state index is 12.8. The molecule has 8 nitrogen and oxygen atoms in total. The van der Waals surface area contributed by atoms with E-state index in [0.29, 0.717) is 12.4 Å². The first kappa shape index (κ1) is 28.1. The second-order valence-electron chi connectivity index (χ2n) is 7.69. The summed E-state index contributed by atoms with van der Waals surface area (Å²) >= 11 is 0. The number of amides is 2. The van der Waals surface area contributed by atoms with Crippen molar-refractivity contribution in [2.75, 3.05) is 27.1 Å². The lowest BCUT2D eigenvalue weighted by molar-refractivity contribution is -0.137. The molecule has 0 heterocycles. The molecule has 0 spiro atoms. The lowest BCUT2D eigenvalue weighted by Gasteiger charge is -2.24. The van der Waals surface area contributed by atoms with Crippen molar-refractivity contribution in [3.63, 3.8) is 0 Å². The Hall–Kier alpha value is -3.15. The van der Waals surface area contributed by atoms with Crippen LogP contribution in [0.3, 0.4) is 0 Å². The summed E-state index contributed by atoms with van der Waals surface area (Å²) in [5.41, 5.74) is 1.56. The Morgan fingerprint density at radius 2 is 1.80 bits per heavy atom. The number of ether oxygens (including phenoxy) is 3. The molecule has 2 amide bonds. The summed E-state index contributed by atoms with van der Waals surface area (Å²) in [6.07, 6.45) is -4.22. The number of carbonyl (C=O) groups is 2. The van der Waals surface area contributed by atoms with Crippen LogP contribution >= 0.6 is 0 Å². The Balaban J connectivity index is 2.17. The molecule has 0 saturated carbocycles.